The Balaban J connectivity index is 1.65. The van der Waals surface area contributed by atoms with Gasteiger partial charge >= 0.3 is 0 Å². The van der Waals surface area contributed by atoms with Gasteiger partial charge in [-0.3, -0.25) is 4.79 Å². The van der Waals surface area contributed by atoms with Crippen LogP contribution in [-0.2, 0) is 0 Å². The molecule has 110 valence electrons. The second kappa shape index (κ2) is 5.73. The van der Waals surface area contributed by atoms with Gasteiger partial charge in [-0.15, -0.1) is 11.3 Å². The summed E-state index contributed by atoms with van der Waals surface area (Å²) in [5.41, 5.74) is 2.45. The molecule has 5 nitrogen and oxygen atoms in total. The van der Waals surface area contributed by atoms with Gasteiger partial charge in [-0.2, -0.15) is 0 Å². The number of carbonyl (C=O) groups is 1. The van der Waals surface area contributed by atoms with Crippen LogP contribution in [0.2, 0.25) is 0 Å². The van der Waals surface area contributed by atoms with Crippen LogP contribution in [0.5, 0.6) is 11.5 Å². The molecule has 0 bridgehead atoms. The number of hydrogen-bond acceptors (Lipinski definition) is 5. The zero-order valence-electron chi connectivity index (χ0n) is 11.9. The van der Waals surface area contributed by atoms with Gasteiger partial charge in [0.2, 0.25) is 0 Å². The molecule has 6 heteroatoms. The molecule has 1 aliphatic heterocycles. The minimum absolute atomic E-state index is 0.0301. The van der Waals surface area contributed by atoms with Crippen LogP contribution in [0, 0.1) is 6.92 Å². The first-order valence-corrected chi connectivity index (χ1v) is 7.57. The van der Waals surface area contributed by atoms with Crippen LogP contribution in [-0.4, -0.2) is 42.1 Å². The van der Waals surface area contributed by atoms with Crippen LogP contribution in [0.3, 0.4) is 0 Å². The lowest BCUT2D eigenvalue weighted by atomic mass is 10.2. The SMILES string of the molecule is Cc1ncsc1C(=O)N(C)CC1COc2ccccc2O1. The van der Waals surface area contributed by atoms with E-state index in [1.807, 2.05) is 31.2 Å². The fourth-order valence-corrected chi connectivity index (χ4v) is 3.02. The molecule has 0 aliphatic carbocycles. The molecule has 0 saturated carbocycles. The van der Waals surface area contributed by atoms with E-state index in [-0.39, 0.29) is 12.0 Å². The topological polar surface area (TPSA) is 51.7 Å². The van der Waals surface area contributed by atoms with Gasteiger partial charge in [-0.05, 0) is 19.1 Å². The average molecular weight is 304 g/mol. The number of aromatic nitrogens is 1. The van der Waals surface area contributed by atoms with Gasteiger partial charge in [-0.1, -0.05) is 12.1 Å². The van der Waals surface area contributed by atoms with Gasteiger partial charge in [0.05, 0.1) is 17.7 Å². The third-order valence-electron chi connectivity index (χ3n) is 3.33. The van der Waals surface area contributed by atoms with Crippen molar-refractivity contribution in [2.45, 2.75) is 13.0 Å². The predicted molar refractivity (Wildman–Crippen MR) is 80.2 cm³/mol. The highest BCUT2D eigenvalue weighted by Crippen LogP contribution is 2.31. The lowest BCUT2D eigenvalue weighted by Gasteiger charge is -2.29. The number of fused-ring (bicyclic) bond motifs is 1. The van der Waals surface area contributed by atoms with Crippen LogP contribution in [0.1, 0.15) is 15.4 Å². The number of hydrogen-bond donors (Lipinski definition) is 0. The molecule has 2 heterocycles. The molecule has 0 saturated heterocycles. The van der Waals surface area contributed by atoms with E-state index in [0.29, 0.717) is 18.0 Å². The predicted octanol–water partition coefficient (Wildman–Crippen LogP) is 2.36. The second-order valence-electron chi connectivity index (χ2n) is 4.95. The van der Waals surface area contributed by atoms with E-state index in [4.69, 9.17) is 9.47 Å². The number of carbonyl (C=O) groups excluding carboxylic acids is 1. The molecule has 2 aromatic rings. The quantitative estimate of drug-likeness (QED) is 0.873. The van der Waals surface area contributed by atoms with Crippen LogP contribution in [0.4, 0.5) is 0 Å². The number of benzene rings is 1. The van der Waals surface area contributed by atoms with Gasteiger partial charge in [0.15, 0.2) is 17.6 Å². The van der Waals surface area contributed by atoms with Crippen molar-refractivity contribution in [3.8, 4) is 11.5 Å². The highest BCUT2D eigenvalue weighted by Gasteiger charge is 2.25. The van der Waals surface area contributed by atoms with Crippen molar-refractivity contribution in [2.75, 3.05) is 20.2 Å². The Morgan fingerprint density at radius 3 is 2.90 bits per heavy atom. The molecule has 0 fully saturated rings. The Bertz CT molecular complexity index is 656. The van der Waals surface area contributed by atoms with Crippen molar-refractivity contribution < 1.29 is 14.3 Å². The molecular formula is C15H16N2O3S. The van der Waals surface area contributed by atoms with Crippen molar-refractivity contribution in [1.82, 2.24) is 9.88 Å². The molecule has 1 unspecified atom stereocenters. The summed E-state index contributed by atoms with van der Waals surface area (Å²) in [7, 11) is 1.77. The fourth-order valence-electron chi connectivity index (χ4n) is 2.22. The number of ether oxygens (including phenoxy) is 2. The van der Waals surface area contributed by atoms with Crippen molar-refractivity contribution in [3.05, 3.63) is 40.3 Å². The Labute approximate surface area is 127 Å². The molecule has 1 atom stereocenters. The van der Waals surface area contributed by atoms with E-state index in [1.165, 1.54) is 11.3 Å². The smallest absolute Gasteiger partial charge is 0.265 e. The summed E-state index contributed by atoms with van der Waals surface area (Å²) >= 11 is 1.36. The summed E-state index contributed by atoms with van der Waals surface area (Å²) in [6.07, 6.45) is -0.165. The van der Waals surface area contributed by atoms with Crippen molar-refractivity contribution >= 4 is 17.2 Å². The van der Waals surface area contributed by atoms with Gasteiger partial charge in [0.25, 0.3) is 5.91 Å². The molecule has 0 spiro atoms. The maximum atomic E-state index is 12.3. The fraction of sp³-hybridized carbons (Fsp3) is 0.333. The number of amides is 1. The van der Waals surface area contributed by atoms with E-state index in [2.05, 4.69) is 4.98 Å². The molecule has 0 radical (unpaired) electrons. The first-order valence-electron chi connectivity index (χ1n) is 6.69. The van der Waals surface area contributed by atoms with Crippen LogP contribution in [0.25, 0.3) is 0 Å². The third kappa shape index (κ3) is 2.85. The van der Waals surface area contributed by atoms with E-state index in [1.54, 1.807) is 17.5 Å². The van der Waals surface area contributed by atoms with Crippen molar-refractivity contribution in [2.24, 2.45) is 0 Å². The summed E-state index contributed by atoms with van der Waals surface area (Å²) in [5, 5.41) is 0. The molecule has 1 amide bonds. The highest BCUT2D eigenvalue weighted by molar-refractivity contribution is 7.11. The standard InChI is InChI=1S/C15H16N2O3S/c1-10-14(21-9-16-10)15(18)17(2)7-11-8-19-12-5-3-4-6-13(12)20-11/h3-6,9,11H,7-8H2,1-2H3. The maximum Gasteiger partial charge on any atom is 0.265 e. The van der Waals surface area contributed by atoms with Gasteiger partial charge in [-0.25, -0.2) is 4.98 Å². The summed E-state index contributed by atoms with van der Waals surface area (Å²) < 4.78 is 11.5. The molecule has 21 heavy (non-hydrogen) atoms. The zero-order valence-corrected chi connectivity index (χ0v) is 12.7. The summed E-state index contributed by atoms with van der Waals surface area (Å²) in [4.78, 5) is 18.8. The Morgan fingerprint density at radius 2 is 2.19 bits per heavy atom. The Hall–Kier alpha value is -2.08. The molecule has 1 aromatic heterocycles. The Kier molecular flexibility index (Phi) is 3.79. The summed E-state index contributed by atoms with van der Waals surface area (Å²) in [6.45, 7) is 2.76. The second-order valence-corrected chi connectivity index (χ2v) is 5.80. The zero-order chi connectivity index (χ0) is 14.8. The molecule has 3 rings (SSSR count). The summed E-state index contributed by atoms with van der Waals surface area (Å²) in [6, 6.07) is 7.56. The van der Waals surface area contributed by atoms with E-state index in [0.717, 1.165) is 17.2 Å². The minimum atomic E-state index is -0.165. The number of nitrogens with zero attached hydrogens (tertiary/aromatic N) is 2. The van der Waals surface area contributed by atoms with E-state index < -0.39 is 0 Å². The maximum absolute atomic E-state index is 12.3. The number of thiazole rings is 1. The number of rotatable bonds is 3. The largest absolute Gasteiger partial charge is 0.486 e. The molecular weight excluding hydrogens is 288 g/mol. The van der Waals surface area contributed by atoms with E-state index in [9.17, 15) is 4.79 Å². The highest BCUT2D eigenvalue weighted by atomic mass is 32.1. The van der Waals surface area contributed by atoms with Crippen molar-refractivity contribution in [3.63, 3.8) is 0 Å². The van der Waals surface area contributed by atoms with Gasteiger partial charge in [0, 0.05) is 7.05 Å². The lowest BCUT2D eigenvalue weighted by molar-refractivity contribution is 0.0523. The van der Waals surface area contributed by atoms with Crippen molar-refractivity contribution in [1.29, 1.82) is 0 Å². The number of likely N-dealkylation sites (N-methyl/N-ethyl adjacent to an activating group) is 1. The first kappa shape index (κ1) is 13.9. The first-order chi connectivity index (χ1) is 10.1. The molecule has 1 aromatic carbocycles. The van der Waals surface area contributed by atoms with Gasteiger partial charge in [0.1, 0.15) is 11.5 Å². The van der Waals surface area contributed by atoms with Crippen LogP contribution in [0.15, 0.2) is 29.8 Å². The molecule has 0 N–H and O–H groups in total. The normalized spacial score (nSPS) is 16.6. The molecule has 1 aliphatic rings. The summed E-state index contributed by atoms with van der Waals surface area (Å²) in [5.74, 6) is 1.45. The van der Waals surface area contributed by atoms with E-state index >= 15 is 0 Å². The van der Waals surface area contributed by atoms with Crippen LogP contribution < -0.4 is 9.47 Å². The van der Waals surface area contributed by atoms with Gasteiger partial charge < -0.3 is 14.4 Å². The monoisotopic (exact) mass is 304 g/mol. The number of aryl methyl sites for hydroxylation is 1. The third-order valence-corrected chi connectivity index (χ3v) is 4.25. The van der Waals surface area contributed by atoms with Crippen LogP contribution >= 0.6 is 11.3 Å². The number of para-hydroxylation sites is 2. The lowest BCUT2D eigenvalue weighted by Crippen LogP contribution is -2.41. The minimum Gasteiger partial charge on any atom is -0.486 e. The Morgan fingerprint density at radius 1 is 1.43 bits per heavy atom. The average Bonchev–Trinajstić information content (AvgIpc) is 2.92.